The van der Waals surface area contributed by atoms with E-state index in [0.717, 1.165) is 6.54 Å². The molecule has 0 aromatic heterocycles. The van der Waals surface area contributed by atoms with E-state index in [4.69, 9.17) is 5.11 Å². The first-order valence-corrected chi connectivity index (χ1v) is 5.11. The van der Waals surface area contributed by atoms with Crippen molar-refractivity contribution in [3.63, 3.8) is 0 Å². The van der Waals surface area contributed by atoms with Gasteiger partial charge in [-0.15, -0.1) is 0 Å². The topological polar surface area (TPSA) is 49.3 Å². The van der Waals surface area contributed by atoms with Crippen LogP contribution in [0.1, 0.15) is 39.0 Å². The zero-order valence-corrected chi connectivity index (χ0v) is 8.31. The number of aliphatic carboxylic acids is 1. The Labute approximate surface area is 79.5 Å². The van der Waals surface area contributed by atoms with Gasteiger partial charge in [-0.05, 0) is 24.7 Å². The van der Waals surface area contributed by atoms with E-state index in [1.165, 1.54) is 25.7 Å². The predicted octanol–water partition coefficient (Wildman–Crippen LogP) is 1.63. The van der Waals surface area contributed by atoms with Crippen molar-refractivity contribution >= 4 is 5.97 Å². The summed E-state index contributed by atoms with van der Waals surface area (Å²) in [5, 5.41) is 11.6. The Morgan fingerprint density at radius 2 is 2.23 bits per heavy atom. The molecule has 0 saturated heterocycles. The summed E-state index contributed by atoms with van der Waals surface area (Å²) in [5.41, 5.74) is 0.535. The lowest BCUT2D eigenvalue weighted by atomic mass is 10.0. The van der Waals surface area contributed by atoms with Crippen molar-refractivity contribution in [2.24, 2.45) is 5.41 Å². The average Bonchev–Trinajstić information content (AvgIpc) is 2.80. The van der Waals surface area contributed by atoms with Gasteiger partial charge in [-0.3, -0.25) is 4.79 Å². The largest absolute Gasteiger partial charge is 0.481 e. The molecule has 0 radical (unpaired) electrons. The molecule has 1 fully saturated rings. The van der Waals surface area contributed by atoms with Crippen LogP contribution in [0.5, 0.6) is 0 Å². The third-order valence-electron chi connectivity index (χ3n) is 2.75. The Kier molecular flexibility index (Phi) is 3.72. The summed E-state index contributed by atoms with van der Waals surface area (Å²) in [6, 6.07) is 0. The van der Waals surface area contributed by atoms with Gasteiger partial charge in [0.1, 0.15) is 0 Å². The number of nitrogens with one attached hydrogen (secondary N) is 1. The van der Waals surface area contributed by atoms with Gasteiger partial charge >= 0.3 is 5.97 Å². The molecular weight excluding hydrogens is 166 g/mol. The molecule has 3 heteroatoms. The molecule has 1 aliphatic rings. The molecule has 0 bridgehead atoms. The van der Waals surface area contributed by atoms with Crippen molar-refractivity contribution in [2.45, 2.75) is 39.0 Å². The van der Waals surface area contributed by atoms with Gasteiger partial charge in [0, 0.05) is 13.1 Å². The molecule has 0 amide bonds. The zero-order valence-electron chi connectivity index (χ0n) is 8.31. The molecule has 1 aliphatic carbocycles. The van der Waals surface area contributed by atoms with Gasteiger partial charge in [-0.2, -0.15) is 0 Å². The second-order valence-corrected chi connectivity index (χ2v) is 4.07. The molecule has 0 aliphatic heterocycles. The fraction of sp³-hybridized carbons (Fsp3) is 0.900. The first kappa shape index (κ1) is 10.5. The van der Waals surface area contributed by atoms with Crippen molar-refractivity contribution in [3.8, 4) is 0 Å². The van der Waals surface area contributed by atoms with Gasteiger partial charge < -0.3 is 10.4 Å². The molecule has 13 heavy (non-hydrogen) atoms. The number of hydrogen-bond donors (Lipinski definition) is 2. The number of carboxylic acid groups (broad SMARTS) is 1. The van der Waals surface area contributed by atoms with Crippen LogP contribution in [0.3, 0.4) is 0 Å². The second-order valence-electron chi connectivity index (χ2n) is 4.07. The Morgan fingerprint density at radius 1 is 1.54 bits per heavy atom. The molecule has 0 unspecified atom stereocenters. The summed E-state index contributed by atoms with van der Waals surface area (Å²) < 4.78 is 0. The Morgan fingerprint density at radius 3 is 2.69 bits per heavy atom. The molecule has 1 rings (SSSR count). The second kappa shape index (κ2) is 4.61. The van der Waals surface area contributed by atoms with E-state index in [9.17, 15) is 4.79 Å². The maximum Gasteiger partial charge on any atom is 0.304 e. The van der Waals surface area contributed by atoms with Crippen molar-refractivity contribution in [1.82, 2.24) is 5.32 Å². The lowest BCUT2D eigenvalue weighted by Gasteiger charge is -2.13. The van der Waals surface area contributed by atoms with Gasteiger partial charge in [0.2, 0.25) is 0 Å². The van der Waals surface area contributed by atoms with Crippen LogP contribution >= 0.6 is 0 Å². The van der Waals surface area contributed by atoms with Gasteiger partial charge in [-0.1, -0.05) is 13.3 Å². The van der Waals surface area contributed by atoms with Crippen LogP contribution in [-0.4, -0.2) is 24.2 Å². The van der Waals surface area contributed by atoms with Crippen molar-refractivity contribution in [1.29, 1.82) is 0 Å². The maximum atomic E-state index is 10.2. The van der Waals surface area contributed by atoms with E-state index < -0.39 is 5.97 Å². The lowest BCUT2D eigenvalue weighted by molar-refractivity contribution is -0.136. The average molecular weight is 185 g/mol. The Balaban J connectivity index is 2.02. The van der Waals surface area contributed by atoms with E-state index in [1.54, 1.807) is 0 Å². The first-order chi connectivity index (χ1) is 6.18. The van der Waals surface area contributed by atoms with Crippen LogP contribution in [0.2, 0.25) is 0 Å². The molecule has 0 heterocycles. The summed E-state index contributed by atoms with van der Waals surface area (Å²) in [4.78, 5) is 10.2. The molecule has 0 aromatic carbocycles. The maximum absolute atomic E-state index is 10.2. The first-order valence-electron chi connectivity index (χ1n) is 5.11. The Bertz CT molecular complexity index is 176. The normalized spacial score (nSPS) is 18.5. The van der Waals surface area contributed by atoms with E-state index in [0.29, 0.717) is 12.0 Å². The van der Waals surface area contributed by atoms with Crippen LogP contribution in [0.25, 0.3) is 0 Å². The third-order valence-corrected chi connectivity index (χ3v) is 2.75. The van der Waals surface area contributed by atoms with Crippen LogP contribution in [-0.2, 0) is 4.79 Å². The summed E-state index contributed by atoms with van der Waals surface area (Å²) >= 11 is 0. The van der Waals surface area contributed by atoms with Gasteiger partial charge in [0.15, 0.2) is 0 Å². The van der Waals surface area contributed by atoms with Gasteiger partial charge in [0.05, 0.1) is 6.42 Å². The minimum Gasteiger partial charge on any atom is -0.481 e. The van der Waals surface area contributed by atoms with E-state index in [2.05, 4.69) is 12.2 Å². The summed E-state index contributed by atoms with van der Waals surface area (Å²) in [5.74, 6) is -0.715. The highest BCUT2D eigenvalue weighted by Crippen LogP contribution is 2.48. The van der Waals surface area contributed by atoms with Crippen molar-refractivity contribution in [3.05, 3.63) is 0 Å². The van der Waals surface area contributed by atoms with E-state index in [1.807, 2.05) is 0 Å². The highest BCUT2D eigenvalue weighted by atomic mass is 16.4. The standard InChI is InChI=1S/C10H19NO2/c1-2-4-10(5-6-10)8-11-7-3-9(12)13/h11H,2-8H2,1H3,(H,12,13). The Hall–Kier alpha value is -0.570. The van der Waals surface area contributed by atoms with Crippen LogP contribution < -0.4 is 5.32 Å². The van der Waals surface area contributed by atoms with Crippen LogP contribution in [0.4, 0.5) is 0 Å². The monoisotopic (exact) mass is 185 g/mol. The molecule has 0 spiro atoms. The van der Waals surface area contributed by atoms with Crippen molar-refractivity contribution in [2.75, 3.05) is 13.1 Å². The van der Waals surface area contributed by atoms with Gasteiger partial charge in [-0.25, -0.2) is 0 Å². The molecule has 0 aromatic rings. The number of rotatable bonds is 7. The quantitative estimate of drug-likeness (QED) is 0.593. The summed E-state index contributed by atoms with van der Waals surface area (Å²) in [7, 11) is 0. The molecule has 1 saturated carbocycles. The van der Waals surface area contributed by atoms with E-state index >= 15 is 0 Å². The smallest absolute Gasteiger partial charge is 0.304 e. The third kappa shape index (κ3) is 3.77. The molecule has 76 valence electrons. The van der Waals surface area contributed by atoms with Crippen LogP contribution in [0, 0.1) is 5.41 Å². The summed E-state index contributed by atoms with van der Waals surface area (Å²) in [6.07, 6.45) is 5.40. The predicted molar refractivity (Wildman–Crippen MR) is 51.7 cm³/mol. The fourth-order valence-corrected chi connectivity index (χ4v) is 1.77. The lowest BCUT2D eigenvalue weighted by Crippen LogP contribution is -2.26. The molecule has 0 atom stereocenters. The van der Waals surface area contributed by atoms with Crippen LogP contribution in [0.15, 0.2) is 0 Å². The SMILES string of the molecule is CCCC1(CNCCC(=O)O)CC1. The zero-order chi connectivity index (χ0) is 9.73. The van der Waals surface area contributed by atoms with Crippen molar-refractivity contribution < 1.29 is 9.90 Å². The number of carboxylic acids is 1. The van der Waals surface area contributed by atoms with Gasteiger partial charge in [0.25, 0.3) is 0 Å². The molecular formula is C10H19NO2. The fourth-order valence-electron chi connectivity index (χ4n) is 1.77. The number of hydrogen-bond acceptors (Lipinski definition) is 2. The van der Waals surface area contributed by atoms with E-state index in [-0.39, 0.29) is 6.42 Å². The number of carbonyl (C=O) groups is 1. The summed E-state index contributed by atoms with van der Waals surface area (Å²) in [6.45, 7) is 3.83. The highest BCUT2D eigenvalue weighted by molar-refractivity contribution is 5.66. The highest BCUT2D eigenvalue weighted by Gasteiger charge is 2.40. The molecule has 3 nitrogen and oxygen atoms in total. The minimum absolute atomic E-state index is 0.238. The molecule has 2 N–H and O–H groups in total. The minimum atomic E-state index is -0.715.